The second-order valence-corrected chi connectivity index (χ2v) is 8.56. The van der Waals surface area contributed by atoms with Crippen molar-refractivity contribution in [2.75, 3.05) is 0 Å². The van der Waals surface area contributed by atoms with E-state index in [9.17, 15) is 21.6 Å². The molecule has 0 fully saturated rings. The van der Waals surface area contributed by atoms with E-state index in [1.165, 1.54) is 30.5 Å². The van der Waals surface area contributed by atoms with Gasteiger partial charge in [0.2, 0.25) is 0 Å². The molecule has 0 aliphatic carbocycles. The van der Waals surface area contributed by atoms with Crippen LogP contribution < -0.4 is 5.32 Å². The highest BCUT2D eigenvalue weighted by Crippen LogP contribution is 2.26. The van der Waals surface area contributed by atoms with E-state index in [0.29, 0.717) is 16.5 Å². The zero-order valence-corrected chi connectivity index (χ0v) is 16.5. The quantitative estimate of drug-likeness (QED) is 0.487. The molecule has 0 atom stereocenters. The Morgan fingerprint density at radius 2 is 1.50 bits per heavy atom. The summed E-state index contributed by atoms with van der Waals surface area (Å²) in [6, 6.07) is 15.5. The summed E-state index contributed by atoms with van der Waals surface area (Å²) in [5, 5.41) is 3.73. The Hall–Kier alpha value is -3.10. The van der Waals surface area contributed by atoms with Gasteiger partial charge in [-0.1, -0.05) is 30.3 Å². The molecule has 0 spiro atoms. The van der Waals surface area contributed by atoms with E-state index in [1.807, 2.05) is 0 Å². The molecule has 0 aliphatic heterocycles. The fourth-order valence-electron chi connectivity index (χ4n) is 3.29. The van der Waals surface area contributed by atoms with Crippen molar-refractivity contribution in [2.45, 2.75) is 18.0 Å². The lowest BCUT2D eigenvalue weighted by atomic mass is 10.1. The van der Waals surface area contributed by atoms with E-state index in [0.717, 1.165) is 22.2 Å². The van der Waals surface area contributed by atoms with Gasteiger partial charge in [-0.05, 0) is 42.0 Å². The van der Waals surface area contributed by atoms with E-state index in [2.05, 4.69) is 5.32 Å². The number of hydrogen-bond acceptors (Lipinski definition) is 3. The molecule has 4 rings (SSSR count). The van der Waals surface area contributed by atoms with Crippen LogP contribution in [-0.4, -0.2) is 12.4 Å². The maximum atomic E-state index is 13.8. The zero-order valence-electron chi connectivity index (χ0n) is 15.6. The molecule has 4 nitrogen and oxygen atoms in total. The van der Waals surface area contributed by atoms with Crippen molar-refractivity contribution in [3.05, 3.63) is 102 Å². The van der Waals surface area contributed by atoms with Gasteiger partial charge in [-0.15, -0.1) is 0 Å². The number of fused-ring (bicyclic) bond motifs is 1. The van der Waals surface area contributed by atoms with Crippen molar-refractivity contribution in [1.82, 2.24) is 9.29 Å². The van der Waals surface area contributed by atoms with Crippen molar-refractivity contribution in [3.63, 3.8) is 0 Å². The maximum absolute atomic E-state index is 13.8. The molecule has 8 heteroatoms. The van der Waals surface area contributed by atoms with Gasteiger partial charge in [-0.2, -0.15) is 0 Å². The van der Waals surface area contributed by atoms with Crippen LogP contribution in [0, 0.1) is 17.5 Å². The first-order valence-corrected chi connectivity index (χ1v) is 10.6. The van der Waals surface area contributed by atoms with Crippen molar-refractivity contribution in [2.24, 2.45) is 0 Å². The Balaban J connectivity index is 1.66. The molecular weight excluding hydrogens is 413 g/mol. The van der Waals surface area contributed by atoms with E-state index < -0.39 is 27.5 Å². The molecule has 154 valence electrons. The highest BCUT2D eigenvalue weighted by atomic mass is 32.2. The first kappa shape index (κ1) is 20.2. The number of rotatable bonds is 6. The molecule has 4 aromatic rings. The van der Waals surface area contributed by atoms with Crippen molar-refractivity contribution >= 4 is 20.9 Å². The Morgan fingerprint density at radius 3 is 2.27 bits per heavy atom. The monoisotopic (exact) mass is 430 g/mol. The predicted octanol–water partition coefficient (Wildman–Crippen LogP) is 4.59. The SMILES string of the molecule is O=S(=O)(c1ccc(F)cc1)n1cc(CNCc2cccc(F)c2F)c2ccccc21. The molecule has 0 bridgehead atoms. The first-order valence-electron chi connectivity index (χ1n) is 9.11. The fraction of sp³-hybridized carbons (Fsp3) is 0.0909. The Kier molecular flexibility index (Phi) is 5.36. The van der Waals surface area contributed by atoms with Crippen LogP contribution in [0.25, 0.3) is 10.9 Å². The Bertz CT molecular complexity index is 1320. The zero-order chi connectivity index (χ0) is 21.3. The molecule has 1 aromatic heterocycles. The minimum atomic E-state index is -3.94. The van der Waals surface area contributed by atoms with Gasteiger partial charge in [0.1, 0.15) is 5.82 Å². The molecule has 1 heterocycles. The standard InChI is InChI=1S/C22H17F3N2O2S/c23-17-8-10-18(11-9-17)30(28,29)27-14-16(19-5-1-2-7-21(19)27)13-26-12-15-4-3-6-20(24)22(15)25/h1-11,14,26H,12-13H2. The van der Waals surface area contributed by atoms with Crippen LogP contribution in [0.4, 0.5) is 13.2 Å². The number of nitrogens with one attached hydrogen (secondary N) is 1. The molecule has 0 radical (unpaired) electrons. The Morgan fingerprint density at radius 1 is 0.800 bits per heavy atom. The molecule has 0 unspecified atom stereocenters. The van der Waals surface area contributed by atoms with Gasteiger partial charge in [-0.3, -0.25) is 0 Å². The fourth-order valence-corrected chi connectivity index (χ4v) is 4.69. The molecular formula is C22H17F3N2O2S. The topological polar surface area (TPSA) is 51.1 Å². The number of hydrogen-bond donors (Lipinski definition) is 1. The summed E-state index contributed by atoms with van der Waals surface area (Å²) < 4.78 is 67.7. The van der Waals surface area contributed by atoms with Gasteiger partial charge < -0.3 is 5.32 Å². The minimum absolute atomic E-state index is 0.0361. The third-order valence-electron chi connectivity index (χ3n) is 4.79. The number of para-hydroxylation sites is 1. The van der Waals surface area contributed by atoms with Crippen LogP contribution in [0.3, 0.4) is 0 Å². The van der Waals surface area contributed by atoms with E-state index >= 15 is 0 Å². The van der Waals surface area contributed by atoms with Gasteiger partial charge in [0.15, 0.2) is 11.6 Å². The molecule has 0 saturated carbocycles. The summed E-state index contributed by atoms with van der Waals surface area (Å²) in [6.45, 7) is 0.316. The minimum Gasteiger partial charge on any atom is -0.308 e. The van der Waals surface area contributed by atoms with Crippen LogP contribution >= 0.6 is 0 Å². The molecule has 0 amide bonds. The molecule has 30 heavy (non-hydrogen) atoms. The van der Waals surface area contributed by atoms with Crippen LogP contribution in [0.5, 0.6) is 0 Å². The second kappa shape index (κ2) is 7.97. The summed E-state index contributed by atoms with van der Waals surface area (Å²) >= 11 is 0. The highest BCUT2D eigenvalue weighted by Gasteiger charge is 2.21. The van der Waals surface area contributed by atoms with Crippen LogP contribution in [-0.2, 0) is 23.1 Å². The normalized spacial score (nSPS) is 11.8. The summed E-state index contributed by atoms with van der Waals surface area (Å²) in [7, 11) is -3.94. The van der Waals surface area contributed by atoms with Crippen LogP contribution in [0.1, 0.15) is 11.1 Å². The molecule has 0 aliphatic rings. The van der Waals surface area contributed by atoms with Gasteiger partial charge >= 0.3 is 0 Å². The highest BCUT2D eigenvalue weighted by molar-refractivity contribution is 7.90. The van der Waals surface area contributed by atoms with Gasteiger partial charge in [-0.25, -0.2) is 25.6 Å². The second-order valence-electron chi connectivity index (χ2n) is 6.74. The van der Waals surface area contributed by atoms with Crippen LogP contribution in [0.2, 0.25) is 0 Å². The summed E-state index contributed by atoms with van der Waals surface area (Å²) in [5.41, 5.74) is 1.32. The molecule has 1 N–H and O–H groups in total. The average molecular weight is 430 g/mol. The predicted molar refractivity (Wildman–Crippen MR) is 108 cm³/mol. The number of benzene rings is 3. The number of aromatic nitrogens is 1. The lowest BCUT2D eigenvalue weighted by Crippen LogP contribution is -2.14. The summed E-state index contributed by atoms with van der Waals surface area (Å²) in [4.78, 5) is -0.0361. The van der Waals surface area contributed by atoms with Crippen molar-refractivity contribution in [3.8, 4) is 0 Å². The van der Waals surface area contributed by atoms with E-state index in [4.69, 9.17) is 0 Å². The van der Waals surface area contributed by atoms with Crippen molar-refractivity contribution < 1.29 is 21.6 Å². The lowest BCUT2D eigenvalue weighted by Gasteiger charge is -2.07. The lowest BCUT2D eigenvalue weighted by molar-refractivity contribution is 0.493. The van der Waals surface area contributed by atoms with Crippen molar-refractivity contribution in [1.29, 1.82) is 0 Å². The number of halogens is 3. The Labute approximate surface area is 171 Å². The maximum Gasteiger partial charge on any atom is 0.268 e. The summed E-state index contributed by atoms with van der Waals surface area (Å²) in [5.74, 6) is -2.36. The van der Waals surface area contributed by atoms with Crippen LogP contribution in [0.15, 0.2) is 77.8 Å². The average Bonchev–Trinajstić information content (AvgIpc) is 3.11. The van der Waals surface area contributed by atoms with E-state index in [-0.39, 0.29) is 23.5 Å². The third kappa shape index (κ3) is 3.71. The van der Waals surface area contributed by atoms with E-state index in [1.54, 1.807) is 24.3 Å². The van der Waals surface area contributed by atoms with Gasteiger partial charge in [0.05, 0.1) is 10.4 Å². The number of nitrogens with zero attached hydrogens (tertiary/aromatic N) is 1. The van der Waals surface area contributed by atoms with Gasteiger partial charge in [0, 0.05) is 30.2 Å². The van der Waals surface area contributed by atoms with Gasteiger partial charge in [0.25, 0.3) is 10.0 Å². The molecule has 3 aromatic carbocycles. The summed E-state index contributed by atoms with van der Waals surface area (Å²) in [6.07, 6.45) is 1.48. The smallest absolute Gasteiger partial charge is 0.268 e. The largest absolute Gasteiger partial charge is 0.308 e. The third-order valence-corrected chi connectivity index (χ3v) is 6.48. The molecule has 0 saturated heterocycles. The first-order chi connectivity index (χ1) is 14.4.